The third-order valence-electron chi connectivity index (χ3n) is 2.13. The second kappa shape index (κ2) is 5.07. The van der Waals surface area contributed by atoms with Crippen LogP contribution in [-0.2, 0) is 0 Å². The van der Waals surface area contributed by atoms with E-state index < -0.39 is 0 Å². The van der Waals surface area contributed by atoms with Crippen molar-refractivity contribution in [3.05, 3.63) is 24.4 Å². The highest BCUT2D eigenvalue weighted by Crippen LogP contribution is 2.37. The SMILES string of the molecule is COc1c(NN)ncnc1Sc1ccoc1C. The van der Waals surface area contributed by atoms with Crippen LogP contribution >= 0.6 is 11.8 Å². The average molecular weight is 252 g/mol. The Morgan fingerprint density at radius 3 is 2.88 bits per heavy atom. The van der Waals surface area contributed by atoms with Gasteiger partial charge >= 0.3 is 0 Å². The summed E-state index contributed by atoms with van der Waals surface area (Å²) in [7, 11) is 1.55. The van der Waals surface area contributed by atoms with Crippen LogP contribution in [0.25, 0.3) is 0 Å². The van der Waals surface area contributed by atoms with Crippen LogP contribution < -0.4 is 16.0 Å². The number of methoxy groups -OCH3 is 1. The molecule has 2 aromatic rings. The van der Waals surface area contributed by atoms with Crippen molar-refractivity contribution in [1.82, 2.24) is 9.97 Å². The number of nitrogens with zero attached hydrogens (tertiary/aromatic N) is 2. The van der Waals surface area contributed by atoms with Crippen LogP contribution in [0, 0.1) is 6.92 Å². The number of hydrazine groups is 1. The summed E-state index contributed by atoms with van der Waals surface area (Å²) in [5.41, 5.74) is 2.47. The molecule has 3 N–H and O–H groups in total. The molecule has 2 aromatic heterocycles. The standard InChI is InChI=1S/C10H12N4O2S/c1-6-7(3-4-16-6)17-10-8(15-2)9(14-11)12-5-13-10/h3-5H,11H2,1-2H3,(H,12,13,14). The minimum absolute atomic E-state index is 0.450. The van der Waals surface area contributed by atoms with E-state index in [0.29, 0.717) is 16.6 Å². The first-order valence-electron chi connectivity index (χ1n) is 4.83. The molecule has 7 heteroatoms. The first-order chi connectivity index (χ1) is 8.26. The van der Waals surface area contributed by atoms with Gasteiger partial charge in [-0.25, -0.2) is 15.8 Å². The summed E-state index contributed by atoms with van der Waals surface area (Å²) < 4.78 is 10.5. The molecule has 0 atom stereocenters. The molecule has 6 nitrogen and oxygen atoms in total. The highest BCUT2D eigenvalue weighted by Gasteiger charge is 2.14. The minimum atomic E-state index is 0.450. The molecule has 2 heterocycles. The van der Waals surface area contributed by atoms with Crippen LogP contribution in [0.15, 0.2) is 33.0 Å². The van der Waals surface area contributed by atoms with Gasteiger partial charge in [-0.05, 0) is 13.0 Å². The van der Waals surface area contributed by atoms with Crippen LogP contribution in [0.1, 0.15) is 5.76 Å². The molecule has 0 unspecified atom stereocenters. The van der Waals surface area contributed by atoms with Gasteiger partial charge in [-0.1, -0.05) is 11.8 Å². The third kappa shape index (κ3) is 2.34. The molecule has 0 radical (unpaired) electrons. The van der Waals surface area contributed by atoms with E-state index in [1.165, 1.54) is 18.1 Å². The second-order valence-electron chi connectivity index (χ2n) is 3.15. The van der Waals surface area contributed by atoms with Crippen molar-refractivity contribution in [2.24, 2.45) is 5.84 Å². The number of hydrogen-bond acceptors (Lipinski definition) is 7. The summed E-state index contributed by atoms with van der Waals surface area (Å²) in [6, 6.07) is 1.87. The molecule has 0 aliphatic rings. The number of hydrogen-bond donors (Lipinski definition) is 2. The summed E-state index contributed by atoms with van der Waals surface area (Å²) in [5, 5.41) is 0.681. The summed E-state index contributed by atoms with van der Waals surface area (Å²) in [5.74, 6) is 7.15. The molecular weight excluding hydrogens is 240 g/mol. The average Bonchev–Trinajstić information content (AvgIpc) is 2.74. The zero-order valence-corrected chi connectivity index (χ0v) is 10.2. The Labute approximate surface area is 103 Å². The Morgan fingerprint density at radius 1 is 1.47 bits per heavy atom. The number of rotatable bonds is 4. The molecular formula is C10H12N4O2S. The molecule has 2 rings (SSSR count). The van der Waals surface area contributed by atoms with E-state index in [9.17, 15) is 0 Å². The molecule has 17 heavy (non-hydrogen) atoms. The van der Waals surface area contributed by atoms with Gasteiger partial charge in [-0.3, -0.25) is 0 Å². The maximum Gasteiger partial charge on any atom is 0.195 e. The molecule has 0 saturated carbocycles. The van der Waals surface area contributed by atoms with E-state index in [-0.39, 0.29) is 0 Å². The largest absolute Gasteiger partial charge is 0.490 e. The topological polar surface area (TPSA) is 86.2 Å². The number of furan rings is 1. The van der Waals surface area contributed by atoms with Crippen molar-refractivity contribution in [2.75, 3.05) is 12.5 Å². The summed E-state index contributed by atoms with van der Waals surface area (Å²) in [6.45, 7) is 1.89. The predicted molar refractivity (Wildman–Crippen MR) is 64.0 cm³/mol. The zero-order chi connectivity index (χ0) is 12.3. The minimum Gasteiger partial charge on any atom is -0.490 e. The summed E-state index contributed by atoms with van der Waals surface area (Å²) in [4.78, 5) is 9.11. The molecule has 0 aliphatic carbocycles. The van der Waals surface area contributed by atoms with Crippen LogP contribution in [0.2, 0.25) is 0 Å². The van der Waals surface area contributed by atoms with Crippen LogP contribution in [-0.4, -0.2) is 17.1 Å². The Kier molecular flexibility index (Phi) is 3.50. The maximum absolute atomic E-state index is 5.35. The van der Waals surface area contributed by atoms with E-state index in [1.807, 2.05) is 13.0 Å². The molecule has 0 bridgehead atoms. The highest BCUT2D eigenvalue weighted by molar-refractivity contribution is 7.99. The van der Waals surface area contributed by atoms with Crippen molar-refractivity contribution in [3.63, 3.8) is 0 Å². The quantitative estimate of drug-likeness (QED) is 0.487. The van der Waals surface area contributed by atoms with Crippen molar-refractivity contribution in [1.29, 1.82) is 0 Å². The number of anilines is 1. The lowest BCUT2D eigenvalue weighted by Crippen LogP contribution is -2.10. The number of ether oxygens (including phenoxy) is 1. The summed E-state index contributed by atoms with van der Waals surface area (Å²) >= 11 is 1.44. The van der Waals surface area contributed by atoms with E-state index >= 15 is 0 Å². The first-order valence-corrected chi connectivity index (χ1v) is 5.65. The Morgan fingerprint density at radius 2 is 2.29 bits per heavy atom. The number of aromatic nitrogens is 2. The Bertz CT molecular complexity index is 515. The molecule has 0 spiro atoms. The van der Waals surface area contributed by atoms with Crippen LogP contribution in [0.4, 0.5) is 5.82 Å². The first kappa shape index (κ1) is 11.7. The molecule has 0 saturated heterocycles. The fourth-order valence-corrected chi connectivity index (χ4v) is 2.20. The van der Waals surface area contributed by atoms with Crippen LogP contribution in [0.3, 0.4) is 0 Å². The van der Waals surface area contributed by atoms with Gasteiger partial charge in [-0.15, -0.1) is 0 Å². The van der Waals surface area contributed by atoms with Gasteiger partial charge in [0.25, 0.3) is 0 Å². The maximum atomic E-state index is 5.35. The Hall–Kier alpha value is -1.73. The van der Waals surface area contributed by atoms with Crippen molar-refractivity contribution >= 4 is 17.6 Å². The molecule has 0 amide bonds. The third-order valence-corrected chi connectivity index (χ3v) is 3.26. The number of aryl methyl sites for hydroxylation is 1. The molecule has 90 valence electrons. The lowest BCUT2D eigenvalue weighted by Gasteiger charge is -2.09. The molecule has 0 fully saturated rings. The predicted octanol–water partition coefficient (Wildman–Crippen LogP) is 1.82. The monoisotopic (exact) mass is 252 g/mol. The van der Waals surface area contributed by atoms with Gasteiger partial charge < -0.3 is 14.6 Å². The zero-order valence-electron chi connectivity index (χ0n) is 9.43. The van der Waals surface area contributed by atoms with Gasteiger partial charge in [0.05, 0.1) is 18.3 Å². The molecule has 0 aliphatic heterocycles. The lowest BCUT2D eigenvalue weighted by molar-refractivity contribution is 0.400. The van der Waals surface area contributed by atoms with Gasteiger partial charge in [0.2, 0.25) is 0 Å². The van der Waals surface area contributed by atoms with Gasteiger partial charge in [0.15, 0.2) is 11.6 Å². The number of nitrogen functional groups attached to an aromatic ring is 1. The number of nitrogens with two attached hydrogens (primary N) is 1. The van der Waals surface area contributed by atoms with Crippen molar-refractivity contribution in [3.8, 4) is 5.75 Å². The number of nitrogens with one attached hydrogen (secondary N) is 1. The highest BCUT2D eigenvalue weighted by atomic mass is 32.2. The van der Waals surface area contributed by atoms with E-state index in [1.54, 1.807) is 13.4 Å². The second-order valence-corrected chi connectivity index (χ2v) is 4.18. The van der Waals surface area contributed by atoms with Gasteiger partial charge in [0.1, 0.15) is 17.1 Å². The van der Waals surface area contributed by atoms with Crippen molar-refractivity contribution in [2.45, 2.75) is 16.8 Å². The fraction of sp³-hybridized carbons (Fsp3) is 0.200. The van der Waals surface area contributed by atoms with E-state index in [2.05, 4.69) is 15.4 Å². The van der Waals surface area contributed by atoms with Gasteiger partial charge in [0, 0.05) is 0 Å². The normalized spacial score (nSPS) is 10.3. The van der Waals surface area contributed by atoms with E-state index in [0.717, 1.165) is 10.7 Å². The summed E-state index contributed by atoms with van der Waals surface area (Å²) in [6.07, 6.45) is 3.06. The Balaban J connectivity index is 2.36. The van der Waals surface area contributed by atoms with E-state index in [4.69, 9.17) is 15.0 Å². The smallest absolute Gasteiger partial charge is 0.195 e. The van der Waals surface area contributed by atoms with Crippen molar-refractivity contribution < 1.29 is 9.15 Å². The lowest BCUT2D eigenvalue weighted by atomic mass is 10.5. The molecule has 0 aromatic carbocycles. The van der Waals surface area contributed by atoms with Crippen LogP contribution in [0.5, 0.6) is 5.75 Å². The van der Waals surface area contributed by atoms with Gasteiger partial charge in [-0.2, -0.15) is 0 Å². The fourth-order valence-electron chi connectivity index (χ4n) is 1.30.